The second-order valence-corrected chi connectivity index (χ2v) is 5.32. The summed E-state index contributed by atoms with van der Waals surface area (Å²) >= 11 is 6.19. The number of carbonyl (C=O) groups is 1. The number of anilines is 1. The maximum atomic E-state index is 11.0. The summed E-state index contributed by atoms with van der Waals surface area (Å²) in [6.45, 7) is 1.64. The van der Waals surface area contributed by atoms with Crippen molar-refractivity contribution in [2.24, 2.45) is 0 Å². The van der Waals surface area contributed by atoms with Crippen LogP contribution in [0.3, 0.4) is 0 Å². The first-order chi connectivity index (χ1) is 9.65. The molecule has 0 saturated heterocycles. The Hall–Kier alpha value is -2.00. The molecule has 0 saturated carbocycles. The van der Waals surface area contributed by atoms with Crippen molar-refractivity contribution >= 4 is 23.3 Å². The summed E-state index contributed by atoms with van der Waals surface area (Å²) in [5, 5.41) is 9.79. The van der Waals surface area contributed by atoms with E-state index in [-0.39, 0.29) is 0 Å². The number of rotatable bonds is 3. The molecular formula is C16H14ClNO2. The number of hydrogen-bond acceptors (Lipinski definition) is 2. The maximum Gasteiger partial charge on any atom is 0.335 e. The van der Waals surface area contributed by atoms with Crippen LogP contribution in [0.4, 0.5) is 5.69 Å². The molecule has 2 aromatic rings. The summed E-state index contributed by atoms with van der Waals surface area (Å²) in [7, 11) is 0. The molecule has 0 radical (unpaired) electrons. The fourth-order valence-electron chi connectivity index (χ4n) is 2.60. The van der Waals surface area contributed by atoms with Gasteiger partial charge in [0.15, 0.2) is 0 Å². The maximum absolute atomic E-state index is 11.0. The molecule has 1 aliphatic heterocycles. The van der Waals surface area contributed by atoms with Crippen molar-refractivity contribution in [2.45, 2.75) is 13.0 Å². The van der Waals surface area contributed by atoms with Gasteiger partial charge in [0.05, 0.1) is 5.56 Å². The molecule has 2 aromatic carbocycles. The van der Waals surface area contributed by atoms with Gasteiger partial charge in [0.1, 0.15) is 0 Å². The van der Waals surface area contributed by atoms with Crippen LogP contribution in [0.2, 0.25) is 5.02 Å². The van der Waals surface area contributed by atoms with Gasteiger partial charge in [0.25, 0.3) is 0 Å². The average Bonchev–Trinajstić information content (AvgIpc) is 2.84. The van der Waals surface area contributed by atoms with Crippen LogP contribution in [0.15, 0.2) is 42.5 Å². The number of aromatic carboxylic acids is 1. The SMILES string of the molecule is O=C(O)c1ccc2c(c1)CCN2Cc1ccccc1Cl. The van der Waals surface area contributed by atoms with Crippen LogP contribution in [0.25, 0.3) is 0 Å². The third-order valence-corrected chi connectivity index (χ3v) is 4.01. The molecule has 3 rings (SSSR count). The van der Waals surface area contributed by atoms with Crippen molar-refractivity contribution in [3.63, 3.8) is 0 Å². The zero-order valence-electron chi connectivity index (χ0n) is 10.8. The highest BCUT2D eigenvalue weighted by atomic mass is 35.5. The zero-order valence-corrected chi connectivity index (χ0v) is 11.6. The molecule has 4 heteroatoms. The molecule has 20 heavy (non-hydrogen) atoms. The van der Waals surface area contributed by atoms with E-state index >= 15 is 0 Å². The predicted octanol–water partition coefficient (Wildman–Crippen LogP) is 3.60. The lowest BCUT2D eigenvalue weighted by atomic mass is 10.1. The van der Waals surface area contributed by atoms with Crippen LogP contribution in [-0.2, 0) is 13.0 Å². The number of carboxylic acid groups (broad SMARTS) is 1. The number of halogens is 1. The summed E-state index contributed by atoms with van der Waals surface area (Å²) in [4.78, 5) is 13.2. The molecule has 0 fully saturated rings. The smallest absolute Gasteiger partial charge is 0.335 e. The van der Waals surface area contributed by atoms with Gasteiger partial charge in [0.2, 0.25) is 0 Å². The first-order valence-electron chi connectivity index (χ1n) is 6.50. The fourth-order valence-corrected chi connectivity index (χ4v) is 2.80. The molecule has 0 aliphatic carbocycles. The van der Waals surface area contributed by atoms with E-state index in [2.05, 4.69) is 4.90 Å². The minimum absolute atomic E-state index is 0.350. The normalized spacial score (nSPS) is 13.3. The van der Waals surface area contributed by atoms with Crippen molar-refractivity contribution in [3.8, 4) is 0 Å². The summed E-state index contributed by atoms with van der Waals surface area (Å²) in [6, 6.07) is 13.1. The molecule has 0 aromatic heterocycles. The fraction of sp³-hybridized carbons (Fsp3) is 0.188. The van der Waals surface area contributed by atoms with E-state index in [4.69, 9.17) is 16.7 Å². The Balaban J connectivity index is 1.87. The number of fused-ring (bicyclic) bond motifs is 1. The third-order valence-electron chi connectivity index (χ3n) is 3.64. The van der Waals surface area contributed by atoms with Gasteiger partial charge in [-0.25, -0.2) is 4.79 Å². The Labute approximate surface area is 122 Å². The minimum Gasteiger partial charge on any atom is -0.478 e. The number of nitrogens with zero attached hydrogens (tertiary/aromatic N) is 1. The quantitative estimate of drug-likeness (QED) is 0.938. The molecule has 102 valence electrons. The van der Waals surface area contributed by atoms with E-state index in [1.54, 1.807) is 12.1 Å². The Morgan fingerprint density at radius 1 is 1.25 bits per heavy atom. The molecule has 0 bridgehead atoms. The summed E-state index contributed by atoms with van der Waals surface area (Å²) in [6.07, 6.45) is 0.876. The molecular weight excluding hydrogens is 274 g/mol. The molecule has 0 unspecified atom stereocenters. The third kappa shape index (κ3) is 2.37. The van der Waals surface area contributed by atoms with E-state index in [1.807, 2.05) is 30.3 Å². The molecule has 1 N–H and O–H groups in total. The van der Waals surface area contributed by atoms with Gasteiger partial charge in [-0.3, -0.25) is 0 Å². The van der Waals surface area contributed by atoms with Gasteiger partial charge in [-0.1, -0.05) is 29.8 Å². The van der Waals surface area contributed by atoms with Gasteiger partial charge in [0, 0.05) is 23.8 Å². The van der Waals surface area contributed by atoms with E-state index in [0.29, 0.717) is 5.56 Å². The van der Waals surface area contributed by atoms with E-state index in [0.717, 1.165) is 41.3 Å². The van der Waals surface area contributed by atoms with Crippen LogP contribution in [0.5, 0.6) is 0 Å². The van der Waals surface area contributed by atoms with Crippen LogP contribution in [-0.4, -0.2) is 17.6 Å². The first-order valence-corrected chi connectivity index (χ1v) is 6.87. The molecule has 3 nitrogen and oxygen atoms in total. The summed E-state index contributed by atoms with van der Waals surface area (Å²) in [5.74, 6) is -0.877. The van der Waals surface area contributed by atoms with Crippen molar-refractivity contribution in [3.05, 3.63) is 64.2 Å². The molecule has 0 atom stereocenters. The highest BCUT2D eigenvalue weighted by Crippen LogP contribution is 2.31. The Morgan fingerprint density at radius 3 is 2.80 bits per heavy atom. The van der Waals surface area contributed by atoms with E-state index in [1.165, 1.54) is 0 Å². The summed E-state index contributed by atoms with van der Waals surface area (Å²) < 4.78 is 0. The average molecular weight is 288 g/mol. The second-order valence-electron chi connectivity index (χ2n) is 4.91. The van der Waals surface area contributed by atoms with Crippen LogP contribution >= 0.6 is 11.6 Å². The number of hydrogen-bond donors (Lipinski definition) is 1. The monoisotopic (exact) mass is 287 g/mol. The number of carboxylic acids is 1. The Bertz CT molecular complexity index is 669. The first kappa shape index (κ1) is 13.0. The minimum atomic E-state index is -0.877. The molecule has 0 spiro atoms. The van der Waals surface area contributed by atoms with Crippen molar-refractivity contribution < 1.29 is 9.90 Å². The number of benzene rings is 2. The van der Waals surface area contributed by atoms with Crippen LogP contribution in [0.1, 0.15) is 21.5 Å². The van der Waals surface area contributed by atoms with Crippen molar-refractivity contribution in [1.29, 1.82) is 0 Å². The topological polar surface area (TPSA) is 40.5 Å². The van der Waals surface area contributed by atoms with Crippen molar-refractivity contribution in [2.75, 3.05) is 11.4 Å². The van der Waals surface area contributed by atoms with E-state index < -0.39 is 5.97 Å². The largest absolute Gasteiger partial charge is 0.478 e. The molecule has 0 amide bonds. The van der Waals surface area contributed by atoms with Gasteiger partial charge in [-0.2, -0.15) is 0 Å². The molecule has 1 heterocycles. The lowest BCUT2D eigenvalue weighted by molar-refractivity contribution is 0.0697. The van der Waals surface area contributed by atoms with E-state index in [9.17, 15) is 4.79 Å². The molecule has 1 aliphatic rings. The van der Waals surface area contributed by atoms with Gasteiger partial charge >= 0.3 is 5.97 Å². The Morgan fingerprint density at radius 2 is 2.05 bits per heavy atom. The highest BCUT2D eigenvalue weighted by molar-refractivity contribution is 6.31. The highest BCUT2D eigenvalue weighted by Gasteiger charge is 2.21. The lowest BCUT2D eigenvalue weighted by Gasteiger charge is -2.20. The van der Waals surface area contributed by atoms with Gasteiger partial charge < -0.3 is 10.0 Å². The lowest BCUT2D eigenvalue weighted by Crippen LogP contribution is -2.19. The van der Waals surface area contributed by atoms with Crippen molar-refractivity contribution in [1.82, 2.24) is 0 Å². The van der Waals surface area contributed by atoms with Gasteiger partial charge in [-0.05, 0) is 41.8 Å². The summed E-state index contributed by atoms with van der Waals surface area (Å²) in [5.41, 5.74) is 3.64. The Kier molecular flexibility index (Phi) is 3.36. The zero-order chi connectivity index (χ0) is 14.1. The predicted molar refractivity (Wildman–Crippen MR) is 79.6 cm³/mol. The van der Waals surface area contributed by atoms with Crippen LogP contribution < -0.4 is 4.90 Å². The van der Waals surface area contributed by atoms with Gasteiger partial charge in [-0.15, -0.1) is 0 Å². The second kappa shape index (κ2) is 5.17. The standard InChI is InChI=1S/C16H14ClNO2/c17-14-4-2-1-3-13(14)10-18-8-7-11-9-12(16(19)20)5-6-15(11)18/h1-6,9H,7-8,10H2,(H,19,20). The van der Waals surface area contributed by atoms with Crippen LogP contribution in [0, 0.1) is 0 Å².